The first-order chi connectivity index (χ1) is 15.3. The van der Waals surface area contributed by atoms with Crippen LogP contribution in [0.4, 0.5) is 36.1 Å². The molecule has 0 unspecified atom stereocenters. The molecule has 1 aromatic heterocycles. The first kappa shape index (κ1) is 21.4. The van der Waals surface area contributed by atoms with E-state index in [9.17, 15) is 22.8 Å². The molecule has 0 bridgehead atoms. The van der Waals surface area contributed by atoms with Crippen LogP contribution >= 0.6 is 0 Å². The molecule has 0 spiro atoms. The Balaban J connectivity index is 1.41. The predicted molar refractivity (Wildman–Crippen MR) is 115 cm³/mol. The van der Waals surface area contributed by atoms with Gasteiger partial charge in [-0.25, -0.2) is 4.98 Å². The molecule has 1 heterocycles. The molecule has 1 aliphatic rings. The minimum Gasteiger partial charge on any atom is -0.355 e. The summed E-state index contributed by atoms with van der Waals surface area (Å²) >= 11 is 0. The number of hydrogen-bond donors (Lipinski definition) is 3. The van der Waals surface area contributed by atoms with E-state index in [-0.39, 0.29) is 17.4 Å². The number of aromatic nitrogens is 1. The molecule has 1 aliphatic carbocycles. The molecule has 2 aromatic carbocycles. The first-order valence-corrected chi connectivity index (χ1v) is 9.90. The summed E-state index contributed by atoms with van der Waals surface area (Å²) in [7, 11) is 0. The van der Waals surface area contributed by atoms with Crippen molar-refractivity contribution in [2.24, 2.45) is 5.92 Å². The molecule has 4 rings (SSSR count). The summed E-state index contributed by atoms with van der Waals surface area (Å²) in [5, 5.41) is 8.62. The molecule has 3 N–H and O–H groups in total. The van der Waals surface area contributed by atoms with Crippen molar-refractivity contribution in [2.75, 3.05) is 16.0 Å². The van der Waals surface area contributed by atoms with Crippen LogP contribution in [-0.2, 0) is 11.0 Å². The molecule has 1 saturated carbocycles. The van der Waals surface area contributed by atoms with E-state index in [1.807, 2.05) is 0 Å². The summed E-state index contributed by atoms with van der Waals surface area (Å²) in [6, 6.07) is 14.3. The summed E-state index contributed by atoms with van der Waals surface area (Å²) in [5.74, 6) is -0.0514. The Kier molecular flexibility index (Phi) is 5.81. The smallest absolute Gasteiger partial charge is 0.355 e. The highest BCUT2D eigenvalue weighted by molar-refractivity contribution is 6.04. The maximum Gasteiger partial charge on any atom is 0.416 e. The van der Waals surface area contributed by atoms with Gasteiger partial charge in [-0.05, 0) is 61.4 Å². The minimum atomic E-state index is -4.46. The minimum absolute atomic E-state index is 0.0392. The third-order valence-corrected chi connectivity index (χ3v) is 4.84. The highest BCUT2D eigenvalue weighted by Crippen LogP contribution is 2.31. The number of hydrogen-bond acceptors (Lipinski definition) is 4. The van der Waals surface area contributed by atoms with Crippen molar-refractivity contribution in [2.45, 2.75) is 19.0 Å². The fourth-order valence-corrected chi connectivity index (χ4v) is 3.01. The van der Waals surface area contributed by atoms with Crippen LogP contribution in [0.15, 0.2) is 66.9 Å². The molecular weight excluding hydrogens is 421 g/mol. The summed E-state index contributed by atoms with van der Waals surface area (Å²) in [5.41, 5.74) is 1.13. The number of carbonyl (C=O) groups is 2. The average molecular weight is 440 g/mol. The number of nitrogens with zero attached hydrogens (tertiary/aromatic N) is 1. The van der Waals surface area contributed by atoms with Crippen LogP contribution in [0.25, 0.3) is 0 Å². The van der Waals surface area contributed by atoms with Crippen LogP contribution in [0.2, 0.25) is 0 Å². The maximum atomic E-state index is 12.7. The van der Waals surface area contributed by atoms with Crippen LogP contribution < -0.4 is 16.0 Å². The van der Waals surface area contributed by atoms with Gasteiger partial charge in [0.1, 0.15) is 5.82 Å². The largest absolute Gasteiger partial charge is 0.416 e. The third kappa shape index (κ3) is 5.42. The van der Waals surface area contributed by atoms with Crippen LogP contribution in [0.1, 0.15) is 28.8 Å². The van der Waals surface area contributed by atoms with Crippen molar-refractivity contribution in [1.82, 2.24) is 4.98 Å². The first-order valence-electron chi connectivity index (χ1n) is 9.90. The second-order valence-electron chi connectivity index (χ2n) is 7.43. The summed E-state index contributed by atoms with van der Waals surface area (Å²) in [4.78, 5) is 28.4. The maximum absolute atomic E-state index is 12.7. The van der Waals surface area contributed by atoms with Crippen LogP contribution in [-0.4, -0.2) is 16.8 Å². The monoisotopic (exact) mass is 440 g/mol. The van der Waals surface area contributed by atoms with Crippen molar-refractivity contribution in [3.63, 3.8) is 0 Å². The van der Waals surface area contributed by atoms with Gasteiger partial charge in [0.25, 0.3) is 5.91 Å². The summed E-state index contributed by atoms with van der Waals surface area (Å²) < 4.78 is 38.1. The van der Waals surface area contributed by atoms with Gasteiger partial charge < -0.3 is 16.0 Å². The molecule has 6 nitrogen and oxygen atoms in total. The molecule has 2 amide bonds. The van der Waals surface area contributed by atoms with Gasteiger partial charge in [-0.15, -0.1) is 0 Å². The van der Waals surface area contributed by atoms with E-state index in [4.69, 9.17) is 0 Å². The molecule has 9 heteroatoms. The van der Waals surface area contributed by atoms with Crippen molar-refractivity contribution in [3.05, 3.63) is 78.0 Å². The lowest BCUT2D eigenvalue weighted by Gasteiger charge is -2.11. The molecule has 0 aliphatic heterocycles. The predicted octanol–water partition coefficient (Wildman–Crippen LogP) is 5.44. The van der Waals surface area contributed by atoms with Crippen molar-refractivity contribution >= 4 is 34.7 Å². The topological polar surface area (TPSA) is 83.1 Å². The number of rotatable bonds is 6. The zero-order valence-corrected chi connectivity index (χ0v) is 16.7. The van der Waals surface area contributed by atoms with Gasteiger partial charge in [-0.2, -0.15) is 13.2 Å². The zero-order chi connectivity index (χ0) is 22.7. The van der Waals surface area contributed by atoms with E-state index < -0.39 is 17.6 Å². The Morgan fingerprint density at radius 1 is 0.875 bits per heavy atom. The average Bonchev–Trinajstić information content (AvgIpc) is 3.59. The number of benzene rings is 2. The lowest BCUT2D eigenvalue weighted by Crippen LogP contribution is -2.14. The highest BCUT2D eigenvalue weighted by atomic mass is 19.4. The Hall–Kier alpha value is -3.88. The van der Waals surface area contributed by atoms with Crippen molar-refractivity contribution < 1.29 is 22.8 Å². The van der Waals surface area contributed by atoms with E-state index >= 15 is 0 Å². The second kappa shape index (κ2) is 8.70. The molecule has 1 fully saturated rings. The van der Waals surface area contributed by atoms with Gasteiger partial charge in [-0.1, -0.05) is 6.07 Å². The number of pyridine rings is 1. The summed E-state index contributed by atoms with van der Waals surface area (Å²) in [6.45, 7) is 0. The summed E-state index contributed by atoms with van der Waals surface area (Å²) in [6.07, 6.45) is -1.09. The fourth-order valence-electron chi connectivity index (χ4n) is 3.01. The standard InChI is InChI=1S/C23H19F3N4O2/c24-23(25,26)16-8-6-15(7-9-16)21(31)29-18-3-1-2-17(12-18)28-19-10-11-27-20(13-19)30-22(32)14-4-5-14/h1-3,6-14H,4-5H2,(H,29,31)(H2,27,28,30,32). The zero-order valence-electron chi connectivity index (χ0n) is 16.7. The molecule has 0 atom stereocenters. The number of halogens is 3. The van der Waals surface area contributed by atoms with Crippen LogP contribution in [0.5, 0.6) is 0 Å². The van der Waals surface area contributed by atoms with E-state index in [1.165, 1.54) is 0 Å². The fraction of sp³-hybridized carbons (Fsp3) is 0.174. The van der Waals surface area contributed by atoms with Crippen molar-refractivity contribution in [1.29, 1.82) is 0 Å². The normalized spacial score (nSPS) is 13.3. The van der Waals surface area contributed by atoms with E-state index in [1.54, 1.807) is 42.6 Å². The SMILES string of the molecule is O=C(Nc1cccc(Nc2ccnc(NC(=O)C3CC3)c2)c1)c1ccc(C(F)(F)F)cc1. The van der Waals surface area contributed by atoms with Gasteiger partial charge in [0.15, 0.2) is 0 Å². The van der Waals surface area contributed by atoms with Crippen LogP contribution in [0.3, 0.4) is 0 Å². The number of carbonyl (C=O) groups excluding carboxylic acids is 2. The Morgan fingerprint density at radius 2 is 1.56 bits per heavy atom. The highest BCUT2D eigenvalue weighted by Gasteiger charge is 2.30. The molecule has 32 heavy (non-hydrogen) atoms. The third-order valence-electron chi connectivity index (χ3n) is 4.84. The van der Waals surface area contributed by atoms with Crippen molar-refractivity contribution in [3.8, 4) is 0 Å². The van der Waals surface area contributed by atoms with Gasteiger partial charge in [-0.3, -0.25) is 9.59 Å². The number of amides is 2. The Labute approximate surface area is 181 Å². The lowest BCUT2D eigenvalue weighted by atomic mass is 10.1. The molecule has 3 aromatic rings. The lowest BCUT2D eigenvalue weighted by molar-refractivity contribution is -0.137. The Morgan fingerprint density at radius 3 is 2.25 bits per heavy atom. The quantitative estimate of drug-likeness (QED) is 0.476. The molecule has 164 valence electrons. The molecular formula is C23H19F3N4O2. The van der Waals surface area contributed by atoms with Gasteiger partial charge in [0.2, 0.25) is 5.91 Å². The van der Waals surface area contributed by atoms with Crippen LogP contribution in [0, 0.1) is 5.92 Å². The van der Waals surface area contributed by atoms with Gasteiger partial charge >= 0.3 is 6.18 Å². The van der Waals surface area contributed by atoms with Gasteiger partial charge in [0, 0.05) is 40.8 Å². The number of nitrogens with one attached hydrogen (secondary N) is 3. The van der Waals surface area contributed by atoms with E-state index in [0.717, 1.165) is 37.1 Å². The van der Waals surface area contributed by atoms with E-state index in [2.05, 4.69) is 20.9 Å². The molecule has 0 saturated heterocycles. The van der Waals surface area contributed by atoms with Gasteiger partial charge in [0.05, 0.1) is 5.56 Å². The number of alkyl halides is 3. The number of anilines is 4. The molecule has 0 radical (unpaired) electrons. The second-order valence-corrected chi connectivity index (χ2v) is 7.43. The Bertz CT molecular complexity index is 1140. The van der Waals surface area contributed by atoms with E-state index in [0.29, 0.717) is 22.9 Å².